The summed E-state index contributed by atoms with van der Waals surface area (Å²) in [6, 6.07) is 4.83. The van der Waals surface area contributed by atoms with Crippen molar-refractivity contribution in [3.8, 4) is 0 Å². The summed E-state index contributed by atoms with van der Waals surface area (Å²) in [5.41, 5.74) is 6.30. The van der Waals surface area contributed by atoms with E-state index in [9.17, 15) is 15.0 Å². The van der Waals surface area contributed by atoms with Gasteiger partial charge in [-0.3, -0.25) is 4.79 Å². The molecule has 0 saturated heterocycles. The lowest BCUT2D eigenvalue weighted by atomic mass is 10.0. The molecule has 0 aliphatic rings. The second-order valence-electron chi connectivity index (χ2n) is 3.56. The standard InChI is InChI=1S/C11H14ClNO3S/c1-6(14)17-5-9(15)11(16)10-7(12)3-2-4-8(10)13/h2-4,9,11,15-16H,5,13H2,1H3. The van der Waals surface area contributed by atoms with E-state index in [1.807, 2.05) is 0 Å². The number of hydrogen-bond acceptors (Lipinski definition) is 5. The van der Waals surface area contributed by atoms with E-state index < -0.39 is 12.2 Å². The number of anilines is 1. The van der Waals surface area contributed by atoms with E-state index in [1.54, 1.807) is 18.2 Å². The fourth-order valence-corrected chi connectivity index (χ4v) is 2.23. The number of nitrogen functional groups attached to an aromatic ring is 1. The zero-order chi connectivity index (χ0) is 13.0. The summed E-state index contributed by atoms with van der Waals surface area (Å²) in [6.45, 7) is 1.40. The number of carbonyl (C=O) groups is 1. The van der Waals surface area contributed by atoms with Crippen molar-refractivity contribution in [1.29, 1.82) is 0 Å². The average Bonchev–Trinajstić information content (AvgIpc) is 2.25. The van der Waals surface area contributed by atoms with Gasteiger partial charge in [0.05, 0.1) is 6.10 Å². The second-order valence-corrected chi connectivity index (χ2v) is 5.16. The Morgan fingerprint density at radius 3 is 2.71 bits per heavy atom. The monoisotopic (exact) mass is 275 g/mol. The quantitative estimate of drug-likeness (QED) is 0.727. The molecule has 2 unspecified atom stereocenters. The van der Waals surface area contributed by atoms with Crippen molar-refractivity contribution in [1.82, 2.24) is 0 Å². The van der Waals surface area contributed by atoms with Gasteiger partial charge in [0, 0.05) is 29.0 Å². The predicted molar refractivity (Wildman–Crippen MR) is 70.0 cm³/mol. The number of benzene rings is 1. The molecule has 4 nitrogen and oxygen atoms in total. The highest BCUT2D eigenvalue weighted by Crippen LogP contribution is 2.31. The van der Waals surface area contributed by atoms with Crippen LogP contribution >= 0.6 is 23.4 Å². The van der Waals surface area contributed by atoms with Crippen molar-refractivity contribution in [3.05, 3.63) is 28.8 Å². The molecule has 0 spiro atoms. The van der Waals surface area contributed by atoms with Crippen LogP contribution in [0.4, 0.5) is 5.69 Å². The zero-order valence-electron chi connectivity index (χ0n) is 9.26. The number of carbonyl (C=O) groups excluding carboxylic acids is 1. The summed E-state index contributed by atoms with van der Waals surface area (Å²) in [6.07, 6.45) is -2.29. The molecule has 6 heteroatoms. The topological polar surface area (TPSA) is 83.5 Å². The molecule has 1 rings (SSSR count). The first kappa shape index (κ1) is 14.3. The van der Waals surface area contributed by atoms with Gasteiger partial charge in [0.2, 0.25) is 0 Å². The molecule has 0 aliphatic heterocycles. The maximum absolute atomic E-state index is 10.8. The van der Waals surface area contributed by atoms with Gasteiger partial charge in [-0.1, -0.05) is 29.4 Å². The van der Waals surface area contributed by atoms with Gasteiger partial charge in [0.25, 0.3) is 0 Å². The number of aliphatic hydroxyl groups excluding tert-OH is 2. The zero-order valence-corrected chi connectivity index (χ0v) is 10.8. The van der Waals surface area contributed by atoms with Crippen molar-refractivity contribution in [2.75, 3.05) is 11.5 Å². The van der Waals surface area contributed by atoms with Crippen molar-refractivity contribution in [3.63, 3.8) is 0 Å². The normalized spacial score (nSPS) is 14.4. The summed E-state index contributed by atoms with van der Waals surface area (Å²) in [5, 5.41) is 19.8. The van der Waals surface area contributed by atoms with E-state index in [-0.39, 0.29) is 10.9 Å². The van der Waals surface area contributed by atoms with Crippen LogP contribution in [0.5, 0.6) is 0 Å². The summed E-state index contributed by atoms with van der Waals surface area (Å²) in [7, 11) is 0. The van der Waals surface area contributed by atoms with Crippen LogP contribution in [-0.4, -0.2) is 27.2 Å². The van der Waals surface area contributed by atoms with Crippen LogP contribution in [0.1, 0.15) is 18.6 Å². The molecule has 0 heterocycles. The molecule has 0 radical (unpaired) electrons. The number of rotatable bonds is 4. The van der Waals surface area contributed by atoms with Crippen LogP contribution in [0.2, 0.25) is 5.02 Å². The van der Waals surface area contributed by atoms with Crippen LogP contribution in [0, 0.1) is 0 Å². The minimum absolute atomic E-state index is 0.0984. The fourth-order valence-electron chi connectivity index (χ4n) is 1.35. The minimum Gasteiger partial charge on any atom is -0.398 e. The third-order valence-corrected chi connectivity index (χ3v) is 3.45. The number of hydrogen-bond donors (Lipinski definition) is 3. The minimum atomic E-state index is -1.20. The molecule has 2 atom stereocenters. The third-order valence-electron chi connectivity index (χ3n) is 2.20. The summed E-state index contributed by atoms with van der Waals surface area (Å²) in [5.74, 6) is 0.0984. The lowest BCUT2D eigenvalue weighted by Gasteiger charge is -2.20. The van der Waals surface area contributed by atoms with Crippen LogP contribution in [0.25, 0.3) is 0 Å². The molecule has 0 saturated carbocycles. The highest BCUT2D eigenvalue weighted by Gasteiger charge is 2.23. The molecule has 94 valence electrons. The first-order valence-electron chi connectivity index (χ1n) is 4.97. The van der Waals surface area contributed by atoms with E-state index in [0.717, 1.165) is 11.8 Å². The van der Waals surface area contributed by atoms with E-state index in [1.165, 1.54) is 6.92 Å². The molecule has 0 bridgehead atoms. The SMILES string of the molecule is CC(=O)SCC(O)C(O)c1c(N)cccc1Cl. The smallest absolute Gasteiger partial charge is 0.185 e. The van der Waals surface area contributed by atoms with Gasteiger partial charge < -0.3 is 15.9 Å². The van der Waals surface area contributed by atoms with E-state index in [2.05, 4.69) is 0 Å². The molecule has 0 fully saturated rings. The lowest BCUT2D eigenvalue weighted by molar-refractivity contribution is -0.109. The van der Waals surface area contributed by atoms with Crippen LogP contribution in [0.3, 0.4) is 0 Å². The highest BCUT2D eigenvalue weighted by atomic mass is 35.5. The Labute approximate surface area is 109 Å². The molecule has 4 N–H and O–H groups in total. The van der Waals surface area contributed by atoms with Crippen LogP contribution < -0.4 is 5.73 Å². The largest absolute Gasteiger partial charge is 0.398 e. The summed E-state index contributed by atoms with van der Waals surface area (Å²) in [4.78, 5) is 10.8. The summed E-state index contributed by atoms with van der Waals surface area (Å²) >= 11 is 6.85. The van der Waals surface area contributed by atoms with Gasteiger partial charge in [-0.15, -0.1) is 0 Å². The molecule has 0 aromatic heterocycles. The number of thioether (sulfide) groups is 1. The number of halogens is 1. The van der Waals surface area contributed by atoms with Gasteiger partial charge in [0.1, 0.15) is 6.10 Å². The molecule has 1 aromatic carbocycles. The maximum Gasteiger partial charge on any atom is 0.185 e. The van der Waals surface area contributed by atoms with Crippen molar-refractivity contribution >= 4 is 34.2 Å². The molecule has 17 heavy (non-hydrogen) atoms. The van der Waals surface area contributed by atoms with Gasteiger partial charge in [-0.05, 0) is 12.1 Å². The molecule has 0 aliphatic carbocycles. The number of nitrogens with two attached hydrogens (primary N) is 1. The second kappa shape index (κ2) is 6.26. The first-order valence-corrected chi connectivity index (χ1v) is 6.33. The van der Waals surface area contributed by atoms with Crippen molar-refractivity contribution < 1.29 is 15.0 Å². The molecular formula is C11H14ClNO3S. The molecule has 0 amide bonds. The van der Waals surface area contributed by atoms with E-state index in [0.29, 0.717) is 16.3 Å². The van der Waals surface area contributed by atoms with Gasteiger partial charge in [-0.25, -0.2) is 0 Å². The maximum atomic E-state index is 10.8. The van der Waals surface area contributed by atoms with Gasteiger partial charge in [0.15, 0.2) is 5.12 Å². The predicted octanol–water partition coefficient (Wildman–Crippen LogP) is 1.60. The molecule has 1 aromatic rings. The highest BCUT2D eigenvalue weighted by molar-refractivity contribution is 8.13. The fraction of sp³-hybridized carbons (Fsp3) is 0.364. The Morgan fingerprint density at radius 2 is 2.18 bits per heavy atom. The Kier molecular flexibility index (Phi) is 5.27. The Morgan fingerprint density at radius 1 is 1.53 bits per heavy atom. The molecular weight excluding hydrogens is 262 g/mol. The average molecular weight is 276 g/mol. The number of aliphatic hydroxyl groups is 2. The van der Waals surface area contributed by atoms with Crippen molar-refractivity contribution in [2.24, 2.45) is 0 Å². The Bertz CT molecular complexity index is 393. The van der Waals surface area contributed by atoms with Gasteiger partial charge >= 0.3 is 0 Å². The first-order chi connectivity index (χ1) is 7.93. The van der Waals surface area contributed by atoms with Crippen molar-refractivity contribution in [2.45, 2.75) is 19.1 Å². The van der Waals surface area contributed by atoms with E-state index in [4.69, 9.17) is 17.3 Å². The van der Waals surface area contributed by atoms with Crippen LogP contribution in [0.15, 0.2) is 18.2 Å². The van der Waals surface area contributed by atoms with E-state index >= 15 is 0 Å². The Balaban J connectivity index is 2.81. The Hall–Kier alpha value is -0.750. The van der Waals surface area contributed by atoms with Crippen LogP contribution in [-0.2, 0) is 4.79 Å². The third kappa shape index (κ3) is 3.89. The lowest BCUT2D eigenvalue weighted by Crippen LogP contribution is -2.22. The summed E-state index contributed by atoms with van der Waals surface area (Å²) < 4.78 is 0. The van der Waals surface area contributed by atoms with Gasteiger partial charge in [-0.2, -0.15) is 0 Å².